The third-order valence-electron chi connectivity index (χ3n) is 2.94. The molecule has 1 aromatic heterocycles. The molecule has 0 aliphatic heterocycles. The monoisotopic (exact) mass is 271 g/mol. The lowest BCUT2D eigenvalue weighted by Crippen LogP contribution is -2.16. The van der Waals surface area contributed by atoms with E-state index in [9.17, 15) is 0 Å². The minimum absolute atomic E-state index is 0.663. The fourth-order valence-corrected chi connectivity index (χ4v) is 1.88. The van der Waals surface area contributed by atoms with Crippen LogP contribution in [0.15, 0.2) is 36.7 Å². The average molecular weight is 271 g/mol. The molecule has 106 valence electrons. The Morgan fingerprint density at radius 3 is 2.55 bits per heavy atom. The Morgan fingerprint density at radius 1 is 1.15 bits per heavy atom. The molecule has 2 aromatic rings. The molecule has 0 saturated heterocycles. The Kier molecular flexibility index (Phi) is 4.90. The second-order valence-corrected chi connectivity index (χ2v) is 5.00. The highest BCUT2D eigenvalue weighted by Gasteiger charge is 2.01. The first-order valence-corrected chi connectivity index (χ1v) is 6.72. The van der Waals surface area contributed by atoms with Crippen LogP contribution in [0.4, 0.5) is 11.6 Å². The van der Waals surface area contributed by atoms with Crippen molar-refractivity contribution in [2.45, 2.75) is 6.42 Å². The summed E-state index contributed by atoms with van der Waals surface area (Å²) in [5.41, 5.74) is 8.52. The molecule has 0 saturated carbocycles. The predicted molar refractivity (Wildman–Crippen MR) is 83.5 cm³/mol. The average Bonchev–Trinajstić information content (AvgIpc) is 2.44. The molecule has 0 unspecified atom stereocenters. The molecule has 0 atom stereocenters. The molecule has 0 fully saturated rings. The Bertz CT molecular complexity index is 536. The van der Waals surface area contributed by atoms with Gasteiger partial charge in [0.15, 0.2) is 0 Å². The third-order valence-corrected chi connectivity index (χ3v) is 2.94. The molecule has 0 bridgehead atoms. The van der Waals surface area contributed by atoms with Crippen LogP contribution in [0.1, 0.15) is 6.42 Å². The van der Waals surface area contributed by atoms with Crippen molar-refractivity contribution in [3.05, 3.63) is 36.7 Å². The van der Waals surface area contributed by atoms with Gasteiger partial charge in [0.05, 0.1) is 0 Å². The maximum absolute atomic E-state index is 5.77. The van der Waals surface area contributed by atoms with Crippen molar-refractivity contribution in [1.29, 1.82) is 0 Å². The van der Waals surface area contributed by atoms with Gasteiger partial charge in [0.1, 0.15) is 0 Å². The highest BCUT2D eigenvalue weighted by molar-refractivity contribution is 5.66. The molecule has 0 aliphatic carbocycles. The standard InChI is InChI=1S/C15H21N5/c1-20(2)8-4-7-17-15-18-10-13(11-19-15)12-5-3-6-14(16)9-12/h3,5-6,9-11H,4,7-8,16H2,1-2H3,(H,17,18,19). The van der Waals surface area contributed by atoms with E-state index in [1.807, 2.05) is 36.7 Å². The molecule has 5 nitrogen and oxygen atoms in total. The van der Waals surface area contributed by atoms with Gasteiger partial charge >= 0.3 is 0 Å². The summed E-state index contributed by atoms with van der Waals surface area (Å²) < 4.78 is 0. The molecule has 2 rings (SSSR count). The van der Waals surface area contributed by atoms with E-state index in [-0.39, 0.29) is 0 Å². The maximum atomic E-state index is 5.77. The van der Waals surface area contributed by atoms with Crippen molar-refractivity contribution < 1.29 is 0 Å². The smallest absolute Gasteiger partial charge is 0.222 e. The minimum Gasteiger partial charge on any atom is -0.399 e. The maximum Gasteiger partial charge on any atom is 0.222 e. The molecule has 0 radical (unpaired) electrons. The molecule has 0 aliphatic rings. The normalized spacial score (nSPS) is 10.8. The summed E-state index contributed by atoms with van der Waals surface area (Å²) in [6.07, 6.45) is 4.69. The van der Waals surface area contributed by atoms with E-state index >= 15 is 0 Å². The van der Waals surface area contributed by atoms with Gasteiger partial charge in [0.25, 0.3) is 0 Å². The largest absolute Gasteiger partial charge is 0.399 e. The van der Waals surface area contributed by atoms with Crippen LogP contribution in [0.3, 0.4) is 0 Å². The quantitative estimate of drug-likeness (QED) is 0.622. The van der Waals surface area contributed by atoms with Gasteiger partial charge in [0, 0.05) is 30.2 Å². The Morgan fingerprint density at radius 2 is 1.90 bits per heavy atom. The van der Waals surface area contributed by atoms with E-state index in [1.165, 1.54) is 0 Å². The zero-order chi connectivity index (χ0) is 14.4. The van der Waals surface area contributed by atoms with E-state index in [2.05, 4.69) is 34.3 Å². The van der Waals surface area contributed by atoms with Gasteiger partial charge in [-0.3, -0.25) is 0 Å². The van der Waals surface area contributed by atoms with Gasteiger partial charge in [-0.2, -0.15) is 0 Å². The summed E-state index contributed by atoms with van der Waals surface area (Å²) in [7, 11) is 4.13. The fraction of sp³-hybridized carbons (Fsp3) is 0.333. The molecule has 0 spiro atoms. The lowest BCUT2D eigenvalue weighted by molar-refractivity contribution is 0.405. The van der Waals surface area contributed by atoms with Crippen LogP contribution in [-0.4, -0.2) is 42.1 Å². The lowest BCUT2D eigenvalue weighted by Gasteiger charge is -2.10. The van der Waals surface area contributed by atoms with Crippen LogP contribution < -0.4 is 11.1 Å². The summed E-state index contributed by atoms with van der Waals surface area (Å²) >= 11 is 0. The zero-order valence-corrected chi connectivity index (χ0v) is 12.0. The first kappa shape index (κ1) is 14.3. The summed E-state index contributed by atoms with van der Waals surface area (Å²) in [5.74, 6) is 0.663. The number of nitrogens with two attached hydrogens (primary N) is 1. The number of hydrogen-bond acceptors (Lipinski definition) is 5. The van der Waals surface area contributed by atoms with Gasteiger partial charge in [-0.25, -0.2) is 9.97 Å². The summed E-state index contributed by atoms with van der Waals surface area (Å²) in [4.78, 5) is 10.8. The zero-order valence-electron chi connectivity index (χ0n) is 12.0. The van der Waals surface area contributed by atoms with Crippen LogP contribution in [0, 0.1) is 0 Å². The van der Waals surface area contributed by atoms with Crippen molar-refractivity contribution in [3.63, 3.8) is 0 Å². The van der Waals surface area contributed by atoms with Crippen molar-refractivity contribution in [2.75, 3.05) is 38.2 Å². The Labute approximate surface area is 119 Å². The van der Waals surface area contributed by atoms with Crippen LogP contribution in [0.5, 0.6) is 0 Å². The predicted octanol–water partition coefficient (Wildman–Crippen LogP) is 2.09. The van der Waals surface area contributed by atoms with Crippen LogP contribution in [0.2, 0.25) is 0 Å². The number of aromatic nitrogens is 2. The second-order valence-electron chi connectivity index (χ2n) is 5.00. The number of anilines is 2. The number of nitrogens with one attached hydrogen (secondary N) is 1. The minimum atomic E-state index is 0.663. The molecule has 0 amide bonds. The third kappa shape index (κ3) is 4.20. The van der Waals surface area contributed by atoms with Gasteiger partial charge in [-0.15, -0.1) is 0 Å². The first-order valence-electron chi connectivity index (χ1n) is 6.72. The Hall–Kier alpha value is -2.14. The second kappa shape index (κ2) is 6.86. The molecule has 1 aromatic carbocycles. The van der Waals surface area contributed by atoms with Crippen molar-refractivity contribution in [3.8, 4) is 11.1 Å². The summed E-state index contributed by atoms with van der Waals surface area (Å²) in [5, 5.41) is 3.22. The van der Waals surface area contributed by atoms with Crippen molar-refractivity contribution in [2.24, 2.45) is 0 Å². The van der Waals surface area contributed by atoms with Crippen molar-refractivity contribution >= 4 is 11.6 Å². The van der Waals surface area contributed by atoms with Crippen LogP contribution >= 0.6 is 0 Å². The van der Waals surface area contributed by atoms with E-state index < -0.39 is 0 Å². The number of rotatable bonds is 6. The Balaban J connectivity index is 1.93. The highest BCUT2D eigenvalue weighted by Crippen LogP contribution is 2.20. The molecular weight excluding hydrogens is 250 g/mol. The first-order chi connectivity index (χ1) is 9.65. The van der Waals surface area contributed by atoms with Crippen LogP contribution in [0.25, 0.3) is 11.1 Å². The summed E-state index contributed by atoms with van der Waals surface area (Å²) in [6, 6.07) is 7.71. The van der Waals surface area contributed by atoms with E-state index in [1.54, 1.807) is 0 Å². The number of nitrogens with zero attached hydrogens (tertiary/aromatic N) is 3. The number of hydrogen-bond donors (Lipinski definition) is 2. The highest BCUT2D eigenvalue weighted by atomic mass is 15.1. The summed E-state index contributed by atoms with van der Waals surface area (Å²) in [6.45, 7) is 1.92. The van der Waals surface area contributed by atoms with E-state index in [0.29, 0.717) is 5.95 Å². The van der Waals surface area contributed by atoms with Crippen molar-refractivity contribution in [1.82, 2.24) is 14.9 Å². The van der Waals surface area contributed by atoms with E-state index in [4.69, 9.17) is 5.73 Å². The number of nitrogen functional groups attached to an aromatic ring is 1. The molecule has 5 heteroatoms. The molecule has 1 heterocycles. The topological polar surface area (TPSA) is 67.1 Å². The fourth-order valence-electron chi connectivity index (χ4n) is 1.88. The van der Waals surface area contributed by atoms with Gasteiger partial charge in [0.2, 0.25) is 5.95 Å². The van der Waals surface area contributed by atoms with Gasteiger partial charge in [-0.05, 0) is 44.8 Å². The van der Waals surface area contributed by atoms with Gasteiger partial charge < -0.3 is 16.0 Å². The number of benzene rings is 1. The SMILES string of the molecule is CN(C)CCCNc1ncc(-c2cccc(N)c2)cn1. The lowest BCUT2D eigenvalue weighted by atomic mass is 10.1. The molecule has 20 heavy (non-hydrogen) atoms. The van der Waals surface area contributed by atoms with Crippen LogP contribution in [-0.2, 0) is 0 Å². The van der Waals surface area contributed by atoms with Gasteiger partial charge in [-0.1, -0.05) is 12.1 Å². The molecule has 3 N–H and O–H groups in total. The molecular formula is C15H21N5. The van der Waals surface area contributed by atoms with E-state index in [0.717, 1.165) is 36.3 Å².